The molecule has 0 aliphatic carbocycles. The summed E-state index contributed by atoms with van der Waals surface area (Å²) in [4.78, 5) is 20.1. The van der Waals surface area contributed by atoms with E-state index in [0.717, 1.165) is 15.8 Å². The third kappa shape index (κ3) is 3.12. The summed E-state index contributed by atoms with van der Waals surface area (Å²) in [6.07, 6.45) is 0. The molecule has 0 saturated carbocycles. The molecule has 1 aromatic carbocycles. The van der Waals surface area contributed by atoms with E-state index in [4.69, 9.17) is 17.3 Å². The number of rotatable bonds is 3. The van der Waals surface area contributed by atoms with Gasteiger partial charge in [-0.05, 0) is 29.8 Å². The fraction of sp³-hybridized carbons (Fsp3) is 0.0714. The molecule has 0 atom stereocenters. The molecule has 106 valence electrons. The van der Waals surface area contributed by atoms with Crippen molar-refractivity contribution in [3.63, 3.8) is 0 Å². The number of hydrogen-bond donors (Lipinski definition) is 2. The zero-order valence-electron chi connectivity index (χ0n) is 10.8. The van der Waals surface area contributed by atoms with Gasteiger partial charge >= 0.3 is 0 Å². The van der Waals surface area contributed by atoms with Crippen molar-refractivity contribution in [1.82, 2.24) is 15.3 Å². The van der Waals surface area contributed by atoms with Gasteiger partial charge in [-0.3, -0.25) is 4.79 Å². The highest BCUT2D eigenvalue weighted by molar-refractivity contribution is 7.22. The van der Waals surface area contributed by atoms with Crippen molar-refractivity contribution >= 4 is 44.2 Å². The van der Waals surface area contributed by atoms with E-state index in [0.29, 0.717) is 22.5 Å². The van der Waals surface area contributed by atoms with Crippen LogP contribution in [0.2, 0.25) is 5.15 Å². The molecule has 2 aromatic heterocycles. The number of anilines is 1. The minimum Gasteiger partial charge on any atom is -0.375 e. The first-order valence-corrected chi connectivity index (χ1v) is 7.37. The third-order valence-corrected chi connectivity index (χ3v) is 3.93. The summed E-state index contributed by atoms with van der Waals surface area (Å²) in [6.45, 7) is 0.404. The predicted octanol–water partition coefficient (Wildman–Crippen LogP) is 2.86. The van der Waals surface area contributed by atoms with Crippen LogP contribution in [0.15, 0.2) is 36.4 Å². The molecule has 0 fully saturated rings. The lowest BCUT2D eigenvalue weighted by atomic mass is 10.2. The Morgan fingerprint density at radius 3 is 2.95 bits per heavy atom. The molecule has 0 spiro atoms. The average Bonchev–Trinajstić information content (AvgIpc) is 2.84. The number of carbonyl (C=O) groups excluding carboxylic acids is 1. The Balaban J connectivity index is 1.72. The zero-order valence-corrected chi connectivity index (χ0v) is 12.4. The van der Waals surface area contributed by atoms with Crippen molar-refractivity contribution in [2.45, 2.75) is 6.54 Å². The van der Waals surface area contributed by atoms with Gasteiger partial charge in [0.1, 0.15) is 10.8 Å². The SMILES string of the molecule is Nc1nc2ccc(CNC(=O)c3cccc(Cl)n3)cc2s1. The highest BCUT2D eigenvalue weighted by Crippen LogP contribution is 2.24. The maximum absolute atomic E-state index is 12.0. The Kier molecular flexibility index (Phi) is 3.72. The van der Waals surface area contributed by atoms with Crippen LogP contribution in [0.3, 0.4) is 0 Å². The average molecular weight is 319 g/mol. The van der Waals surface area contributed by atoms with Crippen molar-refractivity contribution in [2.75, 3.05) is 5.73 Å². The van der Waals surface area contributed by atoms with Crippen LogP contribution in [0.25, 0.3) is 10.2 Å². The van der Waals surface area contributed by atoms with Gasteiger partial charge in [0, 0.05) is 6.54 Å². The minimum absolute atomic E-state index is 0.263. The topological polar surface area (TPSA) is 80.9 Å². The Morgan fingerprint density at radius 2 is 2.14 bits per heavy atom. The number of pyridine rings is 1. The summed E-state index contributed by atoms with van der Waals surface area (Å²) < 4.78 is 1.00. The number of hydrogen-bond acceptors (Lipinski definition) is 5. The van der Waals surface area contributed by atoms with Crippen molar-refractivity contribution in [3.05, 3.63) is 52.8 Å². The molecule has 0 aliphatic rings. The van der Waals surface area contributed by atoms with Gasteiger partial charge in [-0.1, -0.05) is 35.1 Å². The second-order valence-corrected chi connectivity index (χ2v) is 5.83. The molecule has 21 heavy (non-hydrogen) atoms. The van der Waals surface area contributed by atoms with Crippen LogP contribution >= 0.6 is 22.9 Å². The monoisotopic (exact) mass is 318 g/mol. The first-order valence-electron chi connectivity index (χ1n) is 6.17. The minimum atomic E-state index is -0.263. The molecule has 1 amide bonds. The standard InChI is InChI=1S/C14H11ClN4OS/c15-12-3-1-2-10(18-12)13(20)17-7-8-4-5-9-11(6-8)21-14(16)19-9/h1-6H,7H2,(H2,16,19)(H,17,20). The fourth-order valence-electron chi connectivity index (χ4n) is 1.90. The molecular weight excluding hydrogens is 308 g/mol. The molecule has 0 radical (unpaired) electrons. The maximum atomic E-state index is 12.0. The van der Waals surface area contributed by atoms with E-state index >= 15 is 0 Å². The van der Waals surface area contributed by atoms with Crippen LogP contribution in [-0.4, -0.2) is 15.9 Å². The molecule has 0 saturated heterocycles. The van der Waals surface area contributed by atoms with E-state index in [-0.39, 0.29) is 5.91 Å². The first kappa shape index (κ1) is 13.8. The van der Waals surface area contributed by atoms with E-state index in [9.17, 15) is 4.79 Å². The number of thiazole rings is 1. The third-order valence-electron chi connectivity index (χ3n) is 2.87. The second-order valence-electron chi connectivity index (χ2n) is 4.38. The molecule has 3 rings (SSSR count). The second kappa shape index (κ2) is 5.67. The quantitative estimate of drug-likeness (QED) is 0.728. The predicted molar refractivity (Wildman–Crippen MR) is 84.4 cm³/mol. The Bertz CT molecular complexity index is 818. The summed E-state index contributed by atoms with van der Waals surface area (Å²) in [7, 11) is 0. The van der Waals surface area contributed by atoms with Gasteiger partial charge in [-0.2, -0.15) is 0 Å². The van der Waals surface area contributed by atoms with Crippen LogP contribution in [0.1, 0.15) is 16.1 Å². The van der Waals surface area contributed by atoms with E-state index in [1.807, 2.05) is 18.2 Å². The normalized spacial score (nSPS) is 10.7. The van der Waals surface area contributed by atoms with Crippen LogP contribution in [-0.2, 0) is 6.54 Å². The number of amides is 1. The van der Waals surface area contributed by atoms with Gasteiger partial charge in [-0.25, -0.2) is 9.97 Å². The van der Waals surface area contributed by atoms with Crippen LogP contribution < -0.4 is 11.1 Å². The van der Waals surface area contributed by atoms with Crippen molar-refractivity contribution in [1.29, 1.82) is 0 Å². The number of nitrogens with zero attached hydrogens (tertiary/aromatic N) is 2. The smallest absolute Gasteiger partial charge is 0.270 e. The largest absolute Gasteiger partial charge is 0.375 e. The Morgan fingerprint density at radius 1 is 1.29 bits per heavy atom. The molecule has 5 nitrogen and oxygen atoms in total. The zero-order chi connectivity index (χ0) is 14.8. The van der Waals surface area contributed by atoms with Gasteiger partial charge in [0.25, 0.3) is 5.91 Å². The molecular formula is C14H11ClN4OS. The molecule has 3 N–H and O–H groups in total. The lowest BCUT2D eigenvalue weighted by Crippen LogP contribution is -2.23. The van der Waals surface area contributed by atoms with E-state index in [2.05, 4.69) is 15.3 Å². The number of carbonyl (C=O) groups is 1. The summed E-state index contributed by atoms with van der Waals surface area (Å²) in [5, 5.41) is 3.64. The van der Waals surface area contributed by atoms with Gasteiger partial charge in [0.2, 0.25) is 0 Å². The van der Waals surface area contributed by atoms with Gasteiger partial charge in [0.15, 0.2) is 5.13 Å². The van der Waals surface area contributed by atoms with E-state index in [1.54, 1.807) is 18.2 Å². The number of benzene rings is 1. The Hall–Kier alpha value is -2.18. The number of nitrogens with two attached hydrogens (primary N) is 1. The van der Waals surface area contributed by atoms with Gasteiger partial charge in [0.05, 0.1) is 10.2 Å². The van der Waals surface area contributed by atoms with Crippen LogP contribution in [0.4, 0.5) is 5.13 Å². The first-order chi connectivity index (χ1) is 10.1. The van der Waals surface area contributed by atoms with E-state index in [1.165, 1.54) is 11.3 Å². The summed E-state index contributed by atoms with van der Waals surface area (Å²) in [5.41, 5.74) is 7.81. The number of halogens is 1. The van der Waals surface area contributed by atoms with Gasteiger partial charge in [-0.15, -0.1) is 0 Å². The number of fused-ring (bicyclic) bond motifs is 1. The maximum Gasteiger partial charge on any atom is 0.270 e. The van der Waals surface area contributed by atoms with Crippen molar-refractivity contribution < 1.29 is 4.79 Å². The van der Waals surface area contributed by atoms with Crippen LogP contribution in [0.5, 0.6) is 0 Å². The molecule has 0 unspecified atom stereocenters. The number of nitrogens with one attached hydrogen (secondary N) is 1. The van der Waals surface area contributed by atoms with E-state index < -0.39 is 0 Å². The molecule has 7 heteroatoms. The molecule has 0 bridgehead atoms. The Labute approximate surface area is 129 Å². The lowest BCUT2D eigenvalue weighted by Gasteiger charge is -2.05. The summed E-state index contributed by atoms with van der Waals surface area (Å²) in [5.74, 6) is -0.263. The highest BCUT2D eigenvalue weighted by atomic mass is 35.5. The highest BCUT2D eigenvalue weighted by Gasteiger charge is 2.08. The summed E-state index contributed by atoms with van der Waals surface area (Å²) >= 11 is 7.19. The molecule has 3 aromatic rings. The molecule has 0 aliphatic heterocycles. The summed E-state index contributed by atoms with van der Waals surface area (Å²) in [6, 6.07) is 10.7. The fourth-order valence-corrected chi connectivity index (χ4v) is 2.87. The number of aromatic nitrogens is 2. The van der Waals surface area contributed by atoms with Crippen molar-refractivity contribution in [3.8, 4) is 0 Å². The van der Waals surface area contributed by atoms with Crippen molar-refractivity contribution in [2.24, 2.45) is 0 Å². The van der Waals surface area contributed by atoms with Gasteiger partial charge < -0.3 is 11.1 Å². The molecule has 2 heterocycles. The number of nitrogen functional groups attached to an aromatic ring is 1. The lowest BCUT2D eigenvalue weighted by molar-refractivity contribution is 0.0946. The van der Waals surface area contributed by atoms with Crippen LogP contribution in [0, 0.1) is 0 Å².